The average Bonchev–Trinajstić information content (AvgIpc) is 2.98. The summed E-state index contributed by atoms with van der Waals surface area (Å²) >= 11 is 0. The summed E-state index contributed by atoms with van der Waals surface area (Å²) in [5.74, 6) is 0. The standard InChI is InChI=1S/C11H19N2O13P3/c1-2-7-5-13(11(15)12-10(7)14)9-4-3-8(24-9)6-23-28(19,20)26-29(21,22)25-27(16,17)18/h5,8-9H,2-4,6H2,1H3,(H,19,20)(H,21,22)(H,12,14,15)(H2,16,17,18)/t8-,9+/m0/s1. The Bertz CT molecular complexity index is 996. The number of aromatic amines is 1. The van der Waals surface area contributed by atoms with Crippen LogP contribution in [0, 0.1) is 0 Å². The Morgan fingerprint density at radius 2 is 1.79 bits per heavy atom. The van der Waals surface area contributed by atoms with Crippen molar-refractivity contribution in [3.63, 3.8) is 0 Å². The zero-order chi connectivity index (χ0) is 22.0. The molecular formula is C11H19N2O13P3. The van der Waals surface area contributed by atoms with E-state index in [0.29, 0.717) is 18.4 Å². The first-order valence-corrected chi connectivity index (χ1v) is 12.5. The third-order valence-electron chi connectivity index (χ3n) is 3.66. The molecule has 0 aliphatic carbocycles. The van der Waals surface area contributed by atoms with Gasteiger partial charge in [-0.3, -0.25) is 18.9 Å². The Kier molecular flexibility index (Phi) is 7.59. The van der Waals surface area contributed by atoms with Crippen molar-refractivity contribution in [2.45, 2.75) is 38.5 Å². The Hall–Kier alpha value is -0.950. The van der Waals surface area contributed by atoms with Crippen LogP contribution in [-0.2, 0) is 38.0 Å². The summed E-state index contributed by atoms with van der Waals surface area (Å²) < 4.78 is 51.9. The summed E-state index contributed by atoms with van der Waals surface area (Å²) in [6.07, 6.45) is 0.648. The van der Waals surface area contributed by atoms with Crippen molar-refractivity contribution in [1.82, 2.24) is 9.55 Å². The summed E-state index contributed by atoms with van der Waals surface area (Å²) in [6.45, 7) is 1.11. The third-order valence-corrected chi connectivity index (χ3v) is 7.46. The second-order valence-corrected chi connectivity index (χ2v) is 10.3. The van der Waals surface area contributed by atoms with Crippen molar-refractivity contribution < 1.29 is 51.2 Å². The molecule has 2 unspecified atom stereocenters. The second kappa shape index (κ2) is 9.04. The number of hydrogen-bond acceptors (Lipinski definition) is 9. The molecular weight excluding hydrogens is 461 g/mol. The van der Waals surface area contributed by atoms with Crippen LogP contribution in [0.25, 0.3) is 0 Å². The highest BCUT2D eigenvalue weighted by Gasteiger charge is 2.41. The first kappa shape index (κ1) is 24.3. The molecule has 5 N–H and O–H groups in total. The van der Waals surface area contributed by atoms with E-state index in [4.69, 9.17) is 19.4 Å². The third kappa shape index (κ3) is 7.35. The van der Waals surface area contributed by atoms with Gasteiger partial charge >= 0.3 is 29.2 Å². The second-order valence-electron chi connectivity index (χ2n) is 5.85. The zero-order valence-corrected chi connectivity index (χ0v) is 17.5. The quantitative estimate of drug-likeness (QED) is 0.297. The number of ether oxygens (including phenoxy) is 1. The number of aryl methyl sites for hydroxylation is 1. The van der Waals surface area contributed by atoms with Gasteiger partial charge in [0.05, 0.1) is 12.7 Å². The van der Waals surface area contributed by atoms with E-state index >= 15 is 0 Å². The van der Waals surface area contributed by atoms with Crippen LogP contribution in [0.1, 0.15) is 31.6 Å². The molecule has 18 heteroatoms. The molecule has 0 saturated carbocycles. The van der Waals surface area contributed by atoms with Gasteiger partial charge in [-0.1, -0.05) is 6.92 Å². The molecule has 15 nitrogen and oxygen atoms in total. The minimum atomic E-state index is -5.60. The summed E-state index contributed by atoms with van der Waals surface area (Å²) in [5.41, 5.74) is -0.869. The van der Waals surface area contributed by atoms with Crippen LogP contribution in [0.2, 0.25) is 0 Å². The number of H-pyrrole nitrogens is 1. The number of rotatable bonds is 9. The van der Waals surface area contributed by atoms with E-state index in [-0.39, 0.29) is 6.42 Å². The van der Waals surface area contributed by atoms with E-state index in [1.54, 1.807) is 6.92 Å². The zero-order valence-electron chi connectivity index (χ0n) is 14.8. The van der Waals surface area contributed by atoms with Crippen LogP contribution in [0.5, 0.6) is 0 Å². The van der Waals surface area contributed by atoms with Crippen LogP contribution >= 0.6 is 23.5 Å². The van der Waals surface area contributed by atoms with E-state index < -0.39 is 53.7 Å². The molecule has 1 saturated heterocycles. The van der Waals surface area contributed by atoms with Crippen LogP contribution in [0.15, 0.2) is 15.8 Å². The lowest BCUT2D eigenvalue weighted by atomic mass is 10.2. The molecule has 0 amide bonds. The monoisotopic (exact) mass is 480 g/mol. The molecule has 0 radical (unpaired) electrons. The predicted molar refractivity (Wildman–Crippen MR) is 93.7 cm³/mol. The van der Waals surface area contributed by atoms with Crippen molar-refractivity contribution >= 4 is 23.5 Å². The summed E-state index contributed by atoms with van der Waals surface area (Å²) in [5, 5.41) is 0. The van der Waals surface area contributed by atoms with Crippen molar-refractivity contribution in [2.75, 3.05) is 6.61 Å². The van der Waals surface area contributed by atoms with Crippen LogP contribution < -0.4 is 11.2 Å². The molecule has 0 spiro atoms. The topological polar surface area (TPSA) is 224 Å². The maximum absolute atomic E-state index is 11.9. The van der Waals surface area contributed by atoms with Crippen LogP contribution in [0.4, 0.5) is 0 Å². The number of nitrogens with one attached hydrogen (secondary N) is 1. The highest BCUT2D eigenvalue weighted by atomic mass is 31.3. The molecule has 4 atom stereocenters. The number of hydrogen-bond donors (Lipinski definition) is 5. The highest BCUT2D eigenvalue weighted by Crippen LogP contribution is 2.66. The molecule has 2 rings (SSSR count). The molecule has 1 aromatic rings. The molecule has 29 heavy (non-hydrogen) atoms. The van der Waals surface area contributed by atoms with Gasteiger partial charge in [0.25, 0.3) is 5.56 Å². The molecule has 1 fully saturated rings. The van der Waals surface area contributed by atoms with Gasteiger partial charge in [0.2, 0.25) is 0 Å². The Labute approximate surface area is 162 Å². The van der Waals surface area contributed by atoms with Gasteiger partial charge < -0.3 is 24.3 Å². The first-order valence-electron chi connectivity index (χ1n) is 7.99. The lowest BCUT2D eigenvalue weighted by Gasteiger charge is -2.19. The molecule has 1 aromatic heterocycles. The summed E-state index contributed by atoms with van der Waals surface area (Å²) in [6, 6.07) is 0. The van der Waals surface area contributed by atoms with Gasteiger partial charge in [-0.05, 0) is 19.3 Å². The molecule has 1 aliphatic heterocycles. The fourth-order valence-corrected chi connectivity index (χ4v) is 5.54. The van der Waals surface area contributed by atoms with Gasteiger partial charge in [0, 0.05) is 11.8 Å². The predicted octanol–water partition coefficient (Wildman–Crippen LogP) is 0.120. The number of aromatic nitrogens is 2. The van der Waals surface area contributed by atoms with Gasteiger partial charge in [0.15, 0.2) is 0 Å². The van der Waals surface area contributed by atoms with Gasteiger partial charge in [-0.15, -0.1) is 0 Å². The van der Waals surface area contributed by atoms with Crippen molar-refractivity contribution in [3.05, 3.63) is 32.6 Å². The lowest BCUT2D eigenvalue weighted by molar-refractivity contribution is -0.0244. The first-order chi connectivity index (χ1) is 13.2. The Balaban J connectivity index is 1.98. The normalized spacial score (nSPS) is 24.2. The smallest absolute Gasteiger partial charge is 0.352 e. The van der Waals surface area contributed by atoms with Crippen molar-refractivity contribution in [3.8, 4) is 0 Å². The number of phosphoric ester groups is 1. The maximum Gasteiger partial charge on any atom is 0.490 e. The van der Waals surface area contributed by atoms with Crippen molar-refractivity contribution in [2.24, 2.45) is 0 Å². The van der Waals surface area contributed by atoms with Gasteiger partial charge in [0.1, 0.15) is 6.23 Å². The Morgan fingerprint density at radius 3 is 2.38 bits per heavy atom. The van der Waals surface area contributed by atoms with E-state index in [9.17, 15) is 28.2 Å². The maximum atomic E-state index is 11.9. The fourth-order valence-electron chi connectivity index (χ4n) is 2.49. The molecule has 0 bridgehead atoms. The molecule has 1 aliphatic rings. The van der Waals surface area contributed by atoms with Gasteiger partial charge in [-0.25, -0.2) is 18.5 Å². The lowest BCUT2D eigenvalue weighted by Crippen LogP contribution is -2.34. The summed E-state index contributed by atoms with van der Waals surface area (Å²) in [7, 11) is -16.3. The summed E-state index contributed by atoms with van der Waals surface area (Å²) in [4.78, 5) is 61.1. The van der Waals surface area contributed by atoms with E-state index in [0.717, 1.165) is 4.57 Å². The van der Waals surface area contributed by atoms with E-state index in [1.165, 1.54) is 6.20 Å². The van der Waals surface area contributed by atoms with E-state index in [1.807, 2.05) is 0 Å². The number of nitrogens with zero attached hydrogens (tertiary/aromatic N) is 1. The molecule has 0 aromatic carbocycles. The fraction of sp³-hybridized carbons (Fsp3) is 0.636. The average molecular weight is 480 g/mol. The minimum absolute atomic E-state index is 0.257. The Morgan fingerprint density at radius 1 is 1.14 bits per heavy atom. The minimum Gasteiger partial charge on any atom is -0.352 e. The molecule has 166 valence electrons. The van der Waals surface area contributed by atoms with Crippen molar-refractivity contribution in [1.29, 1.82) is 0 Å². The van der Waals surface area contributed by atoms with Crippen LogP contribution in [-0.4, -0.2) is 41.8 Å². The number of phosphoric acid groups is 3. The highest BCUT2D eigenvalue weighted by molar-refractivity contribution is 7.66. The van der Waals surface area contributed by atoms with Crippen LogP contribution in [0.3, 0.4) is 0 Å². The molecule has 2 heterocycles. The SMILES string of the molecule is CCc1cn([C@H]2CC[C@@H](COP(=O)(O)OP(=O)(O)OP(=O)(O)O)O2)c(=O)[nH]c1=O. The van der Waals surface area contributed by atoms with Gasteiger partial charge in [-0.2, -0.15) is 8.62 Å². The largest absolute Gasteiger partial charge is 0.490 e. The van der Waals surface area contributed by atoms with E-state index in [2.05, 4.69) is 18.1 Å².